The van der Waals surface area contributed by atoms with Crippen molar-refractivity contribution in [2.24, 2.45) is 0 Å². The fourth-order valence-electron chi connectivity index (χ4n) is 2.22. The number of carbonyl (C=O) groups excluding carboxylic acids is 1. The summed E-state index contributed by atoms with van der Waals surface area (Å²) in [6.07, 6.45) is 1.64. The van der Waals surface area contributed by atoms with Crippen LogP contribution < -0.4 is 4.72 Å². The fraction of sp³-hybridized carbons (Fsp3) is 0.900. The Hall–Kier alpha value is -0.760. The molecule has 1 heterocycles. The first-order valence-corrected chi connectivity index (χ1v) is 7.37. The Labute approximate surface area is 106 Å². The molecule has 0 bridgehead atoms. The van der Waals surface area contributed by atoms with E-state index in [1.165, 1.54) is 4.72 Å². The van der Waals surface area contributed by atoms with Gasteiger partial charge in [0, 0.05) is 18.5 Å². The second-order valence-corrected chi connectivity index (χ2v) is 6.31. The van der Waals surface area contributed by atoms with Crippen molar-refractivity contribution in [1.29, 1.82) is 0 Å². The first-order chi connectivity index (χ1) is 8.24. The summed E-state index contributed by atoms with van der Waals surface area (Å²) < 4.78 is 47.2. The highest BCUT2D eigenvalue weighted by Gasteiger charge is 2.31. The van der Waals surface area contributed by atoms with E-state index in [4.69, 9.17) is 0 Å². The van der Waals surface area contributed by atoms with Gasteiger partial charge in [-0.2, -0.15) is 8.78 Å². The zero-order chi connectivity index (χ0) is 13.9. The summed E-state index contributed by atoms with van der Waals surface area (Å²) in [7, 11) is -4.83. The monoisotopic (exact) mass is 284 g/mol. The number of hydrogen-bond donors (Lipinski definition) is 1. The van der Waals surface area contributed by atoms with E-state index in [2.05, 4.69) is 4.90 Å². The number of halogens is 2. The summed E-state index contributed by atoms with van der Waals surface area (Å²) in [6.45, 7) is 4.80. The van der Waals surface area contributed by atoms with Gasteiger partial charge in [0.25, 0.3) is 10.0 Å². The molecule has 1 atom stereocenters. The molecule has 1 aliphatic rings. The molecule has 1 N–H and O–H groups in total. The van der Waals surface area contributed by atoms with Gasteiger partial charge in [-0.25, -0.2) is 13.1 Å². The van der Waals surface area contributed by atoms with Gasteiger partial charge in [-0.15, -0.1) is 0 Å². The third kappa shape index (κ3) is 3.88. The quantitative estimate of drug-likeness (QED) is 0.815. The minimum absolute atomic E-state index is 0.0653. The van der Waals surface area contributed by atoms with E-state index in [0.29, 0.717) is 0 Å². The van der Waals surface area contributed by atoms with E-state index < -0.39 is 21.7 Å². The third-order valence-electron chi connectivity index (χ3n) is 3.00. The van der Waals surface area contributed by atoms with E-state index in [1.807, 2.05) is 13.8 Å². The molecule has 0 saturated carbocycles. The molecular formula is C10H18F2N2O3S. The standard InChI is InChI=1S/C10H18F2N2O3S/c1-7(2)14-5-3-4-8(14)6-9(15)13-18(16,17)10(11)12/h7-8,10H,3-6H2,1-2H3,(H,13,15)/t8-/m0/s1. The molecule has 1 rings (SSSR count). The van der Waals surface area contributed by atoms with Crippen molar-refractivity contribution in [2.45, 2.75) is 51.0 Å². The third-order valence-corrected chi connectivity index (χ3v) is 3.98. The van der Waals surface area contributed by atoms with Crippen LogP contribution in [0.3, 0.4) is 0 Å². The Balaban J connectivity index is 2.55. The molecule has 8 heteroatoms. The molecule has 0 aliphatic carbocycles. The number of nitrogens with zero attached hydrogens (tertiary/aromatic N) is 1. The molecule has 1 fully saturated rings. The highest BCUT2D eigenvalue weighted by Crippen LogP contribution is 2.22. The number of alkyl halides is 2. The summed E-state index contributed by atoms with van der Waals surface area (Å²) in [5.74, 6) is -4.45. The SMILES string of the molecule is CC(C)N1CCC[C@H]1CC(=O)NS(=O)(=O)C(F)F. The first-order valence-electron chi connectivity index (χ1n) is 5.82. The maximum absolute atomic E-state index is 12.1. The molecule has 0 aromatic rings. The number of likely N-dealkylation sites (tertiary alicyclic amines) is 1. The Morgan fingerprint density at radius 3 is 2.56 bits per heavy atom. The minimum Gasteiger partial charge on any atom is -0.297 e. The van der Waals surface area contributed by atoms with Gasteiger partial charge >= 0.3 is 5.76 Å². The van der Waals surface area contributed by atoms with Crippen LogP contribution in [0.2, 0.25) is 0 Å². The van der Waals surface area contributed by atoms with Crippen molar-refractivity contribution < 1.29 is 22.0 Å². The van der Waals surface area contributed by atoms with Gasteiger partial charge in [-0.3, -0.25) is 9.69 Å². The average Bonchev–Trinajstić information content (AvgIpc) is 2.64. The van der Waals surface area contributed by atoms with Crippen molar-refractivity contribution in [2.75, 3.05) is 6.54 Å². The zero-order valence-electron chi connectivity index (χ0n) is 10.4. The Morgan fingerprint density at radius 1 is 1.44 bits per heavy atom. The zero-order valence-corrected chi connectivity index (χ0v) is 11.2. The molecule has 1 aliphatic heterocycles. The van der Waals surface area contributed by atoms with Gasteiger partial charge in [-0.05, 0) is 33.2 Å². The first kappa shape index (κ1) is 15.3. The predicted molar refractivity (Wildman–Crippen MR) is 62.5 cm³/mol. The Morgan fingerprint density at radius 2 is 2.06 bits per heavy atom. The van der Waals surface area contributed by atoms with Crippen molar-refractivity contribution in [3.8, 4) is 0 Å². The van der Waals surface area contributed by atoms with Crippen LogP contribution in [0.25, 0.3) is 0 Å². The van der Waals surface area contributed by atoms with Crippen LogP contribution >= 0.6 is 0 Å². The second-order valence-electron chi connectivity index (χ2n) is 4.66. The average molecular weight is 284 g/mol. The molecule has 1 amide bonds. The lowest BCUT2D eigenvalue weighted by Gasteiger charge is -2.27. The van der Waals surface area contributed by atoms with E-state index >= 15 is 0 Å². The molecule has 5 nitrogen and oxygen atoms in total. The molecular weight excluding hydrogens is 266 g/mol. The van der Waals surface area contributed by atoms with Gasteiger partial charge in [0.05, 0.1) is 0 Å². The van der Waals surface area contributed by atoms with Gasteiger partial charge in [0.1, 0.15) is 0 Å². The van der Waals surface area contributed by atoms with E-state index in [0.717, 1.165) is 19.4 Å². The molecule has 106 valence electrons. The Kier molecular flexibility index (Phi) is 5.03. The molecule has 0 spiro atoms. The number of hydrogen-bond acceptors (Lipinski definition) is 4. The minimum atomic E-state index is -4.83. The summed E-state index contributed by atoms with van der Waals surface area (Å²) in [6, 6.07) is 0.176. The number of rotatable bonds is 5. The maximum Gasteiger partial charge on any atom is 0.355 e. The predicted octanol–water partition coefficient (Wildman–Crippen LogP) is 0.918. The maximum atomic E-state index is 12.1. The van der Waals surface area contributed by atoms with Crippen molar-refractivity contribution >= 4 is 15.9 Å². The summed E-state index contributed by atoms with van der Waals surface area (Å²) >= 11 is 0. The van der Waals surface area contributed by atoms with E-state index in [9.17, 15) is 22.0 Å². The summed E-state index contributed by atoms with van der Waals surface area (Å²) in [4.78, 5) is 13.5. The van der Waals surface area contributed by atoms with Gasteiger partial charge < -0.3 is 0 Å². The highest BCUT2D eigenvalue weighted by molar-refractivity contribution is 7.90. The van der Waals surface area contributed by atoms with Crippen molar-refractivity contribution in [3.63, 3.8) is 0 Å². The molecule has 1 saturated heterocycles. The lowest BCUT2D eigenvalue weighted by atomic mass is 10.1. The molecule has 0 unspecified atom stereocenters. The van der Waals surface area contributed by atoms with Gasteiger partial charge in [0.15, 0.2) is 0 Å². The summed E-state index contributed by atoms with van der Waals surface area (Å²) in [5, 5.41) is 0. The molecule has 18 heavy (non-hydrogen) atoms. The van der Waals surface area contributed by atoms with Crippen molar-refractivity contribution in [1.82, 2.24) is 9.62 Å². The van der Waals surface area contributed by atoms with Crippen LogP contribution in [-0.2, 0) is 14.8 Å². The second kappa shape index (κ2) is 5.92. The van der Waals surface area contributed by atoms with Gasteiger partial charge in [-0.1, -0.05) is 0 Å². The number of sulfonamides is 1. The lowest BCUT2D eigenvalue weighted by Crippen LogP contribution is -2.41. The van der Waals surface area contributed by atoms with E-state index in [1.54, 1.807) is 0 Å². The van der Waals surface area contributed by atoms with Crippen LogP contribution in [0, 0.1) is 0 Å². The fourth-order valence-corrected chi connectivity index (χ4v) is 2.71. The highest BCUT2D eigenvalue weighted by atomic mass is 32.2. The molecule has 0 aromatic carbocycles. The smallest absolute Gasteiger partial charge is 0.297 e. The van der Waals surface area contributed by atoms with Crippen LogP contribution in [0.4, 0.5) is 8.78 Å². The topological polar surface area (TPSA) is 66.5 Å². The van der Waals surface area contributed by atoms with Crippen LogP contribution in [-0.4, -0.2) is 43.6 Å². The normalized spacial score (nSPS) is 21.8. The number of amides is 1. The van der Waals surface area contributed by atoms with Gasteiger partial charge in [0.2, 0.25) is 5.91 Å². The van der Waals surface area contributed by atoms with E-state index in [-0.39, 0.29) is 18.5 Å². The Bertz CT molecular complexity index is 398. The number of carbonyl (C=O) groups is 1. The molecule has 0 aromatic heterocycles. The molecule has 0 radical (unpaired) electrons. The number of nitrogens with one attached hydrogen (secondary N) is 1. The van der Waals surface area contributed by atoms with Crippen LogP contribution in [0.1, 0.15) is 33.1 Å². The van der Waals surface area contributed by atoms with Crippen LogP contribution in [0.15, 0.2) is 0 Å². The lowest BCUT2D eigenvalue weighted by molar-refractivity contribution is -0.120. The van der Waals surface area contributed by atoms with Crippen molar-refractivity contribution in [3.05, 3.63) is 0 Å². The van der Waals surface area contributed by atoms with Crippen LogP contribution in [0.5, 0.6) is 0 Å². The largest absolute Gasteiger partial charge is 0.355 e. The summed E-state index contributed by atoms with van der Waals surface area (Å²) in [5.41, 5.74) is 0.